The van der Waals surface area contributed by atoms with E-state index < -0.39 is 18.2 Å². The number of carbonyl (C=O) groups is 2. The number of rotatable bonds is 4. The van der Waals surface area contributed by atoms with Crippen molar-refractivity contribution in [3.8, 4) is 0 Å². The van der Waals surface area contributed by atoms with Gasteiger partial charge in [0, 0.05) is 12.4 Å². The SMILES string of the molecule is O=C1N[C@H](N2C(=O)OC[C@@H]2c2ccccc2)[C@H]1C=Cc1ccncc1. The van der Waals surface area contributed by atoms with Crippen LogP contribution in [-0.2, 0) is 9.53 Å². The smallest absolute Gasteiger partial charge is 0.412 e. The Bertz CT molecular complexity index is 807. The summed E-state index contributed by atoms with van der Waals surface area (Å²) in [7, 11) is 0. The molecule has 2 fully saturated rings. The molecule has 0 spiro atoms. The number of pyridine rings is 1. The van der Waals surface area contributed by atoms with Crippen LogP contribution in [0, 0.1) is 5.92 Å². The van der Waals surface area contributed by atoms with Crippen molar-refractivity contribution in [2.24, 2.45) is 5.92 Å². The lowest BCUT2D eigenvalue weighted by Crippen LogP contribution is -2.65. The normalized spacial score (nSPS) is 25.6. The van der Waals surface area contributed by atoms with Gasteiger partial charge in [-0.05, 0) is 23.3 Å². The highest BCUT2D eigenvalue weighted by Crippen LogP contribution is 2.34. The molecule has 0 aliphatic carbocycles. The predicted molar refractivity (Wildman–Crippen MR) is 91.1 cm³/mol. The fourth-order valence-corrected chi connectivity index (χ4v) is 3.18. The standard InChI is InChI=1S/C19H17N3O3/c23-18-15(7-6-13-8-10-20-11-9-13)17(21-18)22-16(12-25-19(22)24)14-4-2-1-3-5-14/h1-11,15-17H,12H2,(H,21,23)/t15-,16-,17-/m1/s1. The lowest BCUT2D eigenvalue weighted by Gasteiger charge is -2.42. The van der Waals surface area contributed by atoms with Crippen molar-refractivity contribution in [3.63, 3.8) is 0 Å². The van der Waals surface area contributed by atoms with Gasteiger partial charge >= 0.3 is 6.09 Å². The largest absolute Gasteiger partial charge is 0.447 e. The number of benzene rings is 1. The van der Waals surface area contributed by atoms with E-state index in [-0.39, 0.29) is 18.6 Å². The summed E-state index contributed by atoms with van der Waals surface area (Å²) in [6.45, 7) is 0.288. The molecule has 2 aromatic rings. The minimum Gasteiger partial charge on any atom is -0.447 e. The van der Waals surface area contributed by atoms with Gasteiger partial charge in [-0.15, -0.1) is 0 Å². The Hall–Kier alpha value is -3.15. The van der Waals surface area contributed by atoms with Gasteiger partial charge in [0.25, 0.3) is 0 Å². The van der Waals surface area contributed by atoms with E-state index in [9.17, 15) is 9.59 Å². The second kappa shape index (κ2) is 6.39. The van der Waals surface area contributed by atoms with Crippen LogP contribution in [0.15, 0.2) is 60.9 Å². The Morgan fingerprint density at radius 3 is 2.60 bits per heavy atom. The molecule has 3 atom stereocenters. The number of cyclic esters (lactones) is 1. The van der Waals surface area contributed by atoms with Crippen molar-refractivity contribution < 1.29 is 14.3 Å². The number of β-lactam (4-membered cyclic amide) rings is 1. The average molecular weight is 335 g/mol. The molecule has 1 aromatic heterocycles. The third kappa shape index (κ3) is 2.87. The molecule has 1 aromatic carbocycles. The molecule has 25 heavy (non-hydrogen) atoms. The first-order valence-electron chi connectivity index (χ1n) is 8.13. The highest BCUT2D eigenvalue weighted by molar-refractivity contribution is 5.90. The van der Waals surface area contributed by atoms with E-state index in [0.717, 1.165) is 11.1 Å². The summed E-state index contributed by atoms with van der Waals surface area (Å²) in [6.07, 6.45) is 6.29. The van der Waals surface area contributed by atoms with Gasteiger partial charge in [-0.25, -0.2) is 4.79 Å². The first-order chi connectivity index (χ1) is 12.2. The molecule has 6 heteroatoms. The van der Waals surface area contributed by atoms with E-state index in [0.29, 0.717) is 0 Å². The van der Waals surface area contributed by atoms with E-state index in [1.807, 2.05) is 54.6 Å². The zero-order valence-corrected chi connectivity index (χ0v) is 13.4. The van der Waals surface area contributed by atoms with Crippen LogP contribution in [0.4, 0.5) is 4.79 Å². The predicted octanol–water partition coefficient (Wildman–Crippen LogP) is 2.36. The number of ether oxygens (including phenoxy) is 1. The molecular formula is C19H17N3O3. The van der Waals surface area contributed by atoms with Gasteiger partial charge in [-0.3, -0.25) is 14.7 Å². The Kier molecular flexibility index (Phi) is 3.93. The van der Waals surface area contributed by atoms with Crippen LogP contribution in [0.25, 0.3) is 6.08 Å². The second-order valence-corrected chi connectivity index (χ2v) is 6.03. The van der Waals surface area contributed by atoms with Crippen LogP contribution in [0.5, 0.6) is 0 Å². The maximum Gasteiger partial charge on any atom is 0.412 e. The molecule has 4 rings (SSSR count). The fourth-order valence-electron chi connectivity index (χ4n) is 3.18. The molecule has 3 heterocycles. The number of nitrogens with zero attached hydrogens (tertiary/aromatic N) is 2. The Balaban J connectivity index is 1.56. The highest BCUT2D eigenvalue weighted by Gasteiger charge is 2.49. The van der Waals surface area contributed by atoms with Crippen LogP contribution in [0.3, 0.4) is 0 Å². The maximum atomic E-state index is 12.2. The molecule has 126 valence electrons. The first-order valence-corrected chi connectivity index (χ1v) is 8.13. The minimum absolute atomic E-state index is 0.0955. The number of amides is 2. The van der Waals surface area contributed by atoms with E-state index in [1.165, 1.54) is 0 Å². The fraction of sp³-hybridized carbons (Fsp3) is 0.211. The topological polar surface area (TPSA) is 71.5 Å². The third-order valence-corrected chi connectivity index (χ3v) is 4.53. The molecule has 0 radical (unpaired) electrons. The molecule has 6 nitrogen and oxygen atoms in total. The van der Waals surface area contributed by atoms with Crippen molar-refractivity contribution >= 4 is 18.1 Å². The molecular weight excluding hydrogens is 318 g/mol. The van der Waals surface area contributed by atoms with Crippen LogP contribution >= 0.6 is 0 Å². The number of nitrogens with one attached hydrogen (secondary N) is 1. The summed E-state index contributed by atoms with van der Waals surface area (Å²) in [5.74, 6) is -0.494. The molecule has 2 saturated heterocycles. The van der Waals surface area contributed by atoms with Crippen LogP contribution < -0.4 is 5.32 Å². The van der Waals surface area contributed by atoms with Crippen molar-refractivity contribution in [2.75, 3.05) is 6.61 Å². The maximum absolute atomic E-state index is 12.2. The number of aromatic nitrogens is 1. The quantitative estimate of drug-likeness (QED) is 0.871. The van der Waals surface area contributed by atoms with Crippen molar-refractivity contribution in [3.05, 3.63) is 72.1 Å². The lowest BCUT2D eigenvalue weighted by molar-refractivity contribution is -0.137. The van der Waals surface area contributed by atoms with Crippen LogP contribution in [0.2, 0.25) is 0 Å². The third-order valence-electron chi connectivity index (χ3n) is 4.53. The Morgan fingerprint density at radius 1 is 1.12 bits per heavy atom. The van der Waals surface area contributed by atoms with E-state index in [1.54, 1.807) is 17.3 Å². The summed E-state index contributed by atoms with van der Waals surface area (Å²) in [6, 6.07) is 13.2. The van der Waals surface area contributed by atoms with Crippen LogP contribution in [0.1, 0.15) is 17.2 Å². The van der Waals surface area contributed by atoms with E-state index in [4.69, 9.17) is 4.74 Å². The number of hydrogen-bond acceptors (Lipinski definition) is 4. The molecule has 1 N–H and O–H groups in total. The molecule has 0 saturated carbocycles. The molecule has 2 aliphatic rings. The molecule has 2 aliphatic heterocycles. The number of hydrogen-bond donors (Lipinski definition) is 1. The van der Waals surface area contributed by atoms with E-state index in [2.05, 4.69) is 10.3 Å². The van der Waals surface area contributed by atoms with Crippen molar-refractivity contribution in [2.45, 2.75) is 12.2 Å². The van der Waals surface area contributed by atoms with Crippen molar-refractivity contribution in [1.82, 2.24) is 15.2 Å². The monoisotopic (exact) mass is 335 g/mol. The van der Waals surface area contributed by atoms with Gasteiger partial charge < -0.3 is 10.1 Å². The first kappa shape index (κ1) is 15.4. The van der Waals surface area contributed by atoms with Crippen molar-refractivity contribution in [1.29, 1.82) is 0 Å². The molecule has 0 bridgehead atoms. The van der Waals surface area contributed by atoms with Gasteiger partial charge in [-0.1, -0.05) is 42.5 Å². The zero-order valence-electron chi connectivity index (χ0n) is 13.4. The number of carbonyl (C=O) groups excluding carboxylic acids is 2. The van der Waals surface area contributed by atoms with E-state index >= 15 is 0 Å². The zero-order chi connectivity index (χ0) is 17.2. The second-order valence-electron chi connectivity index (χ2n) is 6.03. The average Bonchev–Trinajstić information content (AvgIpc) is 3.02. The van der Waals surface area contributed by atoms with Gasteiger partial charge in [-0.2, -0.15) is 0 Å². The minimum atomic E-state index is -0.402. The summed E-state index contributed by atoms with van der Waals surface area (Å²) < 4.78 is 5.24. The van der Waals surface area contributed by atoms with Gasteiger partial charge in [0.05, 0.1) is 12.0 Å². The van der Waals surface area contributed by atoms with Crippen LogP contribution in [-0.4, -0.2) is 34.7 Å². The van der Waals surface area contributed by atoms with Gasteiger partial charge in [0.2, 0.25) is 5.91 Å². The van der Waals surface area contributed by atoms with Gasteiger partial charge in [0.15, 0.2) is 0 Å². The Morgan fingerprint density at radius 2 is 1.88 bits per heavy atom. The summed E-state index contributed by atoms with van der Waals surface area (Å²) in [4.78, 5) is 29.8. The van der Waals surface area contributed by atoms with Gasteiger partial charge in [0.1, 0.15) is 12.8 Å². The lowest BCUT2D eigenvalue weighted by atomic mass is 9.92. The summed E-state index contributed by atoms with van der Waals surface area (Å²) in [5.41, 5.74) is 1.95. The molecule has 2 amide bonds. The highest BCUT2D eigenvalue weighted by atomic mass is 16.6. The summed E-state index contributed by atoms with van der Waals surface area (Å²) in [5, 5.41) is 2.82. The Labute approximate surface area is 145 Å². The summed E-state index contributed by atoms with van der Waals surface area (Å²) >= 11 is 0. The molecule has 0 unspecified atom stereocenters.